The summed E-state index contributed by atoms with van der Waals surface area (Å²) >= 11 is 0. The highest BCUT2D eigenvalue weighted by Crippen LogP contribution is 2.35. The molecule has 0 aliphatic heterocycles. The van der Waals surface area contributed by atoms with Gasteiger partial charge in [0, 0.05) is 11.5 Å². The number of aromatic hydroxyl groups is 1. The Hall–Kier alpha value is -0.990. The summed E-state index contributed by atoms with van der Waals surface area (Å²) < 4.78 is 1.97. The zero-order valence-corrected chi connectivity index (χ0v) is 12.0. The third-order valence-electron chi connectivity index (χ3n) is 2.92. The maximum atomic E-state index is 10.3. The fourth-order valence-corrected chi connectivity index (χ4v) is 2.06. The van der Waals surface area contributed by atoms with E-state index in [9.17, 15) is 5.11 Å². The summed E-state index contributed by atoms with van der Waals surface area (Å²) in [6.45, 7) is 12.7. The Morgan fingerprint density at radius 3 is 2.24 bits per heavy atom. The van der Waals surface area contributed by atoms with E-state index in [1.807, 2.05) is 4.68 Å². The molecule has 1 aromatic rings. The first kappa shape index (κ1) is 14.1. The Bertz CT molecular complexity index is 372. The molecule has 3 nitrogen and oxygen atoms in total. The Labute approximate surface area is 105 Å². The van der Waals surface area contributed by atoms with Gasteiger partial charge < -0.3 is 5.11 Å². The third-order valence-corrected chi connectivity index (χ3v) is 2.92. The minimum atomic E-state index is -0.0776. The van der Waals surface area contributed by atoms with Crippen LogP contribution in [0.4, 0.5) is 0 Å². The number of aromatic nitrogens is 2. The first-order chi connectivity index (χ1) is 7.79. The number of aryl methyl sites for hydroxylation is 1. The lowest BCUT2D eigenvalue weighted by atomic mass is 9.90. The summed E-state index contributed by atoms with van der Waals surface area (Å²) in [5.74, 6) is 0.402. The van der Waals surface area contributed by atoms with Gasteiger partial charge in [0.25, 0.3) is 0 Å². The number of unbranched alkanes of at least 4 members (excludes halogenated alkanes) is 1. The molecule has 0 bridgehead atoms. The molecule has 0 saturated heterocycles. The monoisotopic (exact) mass is 238 g/mol. The van der Waals surface area contributed by atoms with Crippen LogP contribution in [0.3, 0.4) is 0 Å². The van der Waals surface area contributed by atoms with E-state index in [4.69, 9.17) is 0 Å². The van der Waals surface area contributed by atoms with Gasteiger partial charge in [0.1, 0.15) is 5.69 Å². The average molecular weight is 238 g/mol. The van der Waals surface area contributed by atoms with E-state index in [0.29, 0.717) is 5.75 Å². The summed E-state index contributed by atoms with van der Waals surface area (Å²) in [6, 6.07) is 0.283. The van der Waals surface area contributed by atoms with Crippen LogP contribution in [0.25, 0.3) is 0 Å². The molecule has 0 aromatic carbocycles. The standard InChI is InChI=1S/C14H26N2O/c1-7-8-9-11-12(17)13(14(4,5)6)16(15-11)10(2)3/h10,17H,7-9H2,1-6H3. The molecule has 17 heavy (non-hydrogen) atoms. The molecule has 0 unspecified atom stereocenters. The highest BCUT2D eigenvalue weighted by atomic mass is 16.3. The van der Waals surface area contributed by atoms with E-state index in [2.05, 4.69) is 46.6 Å². The fourth-order valence-electron chi connectivity index (χ4n) is 2.06. The van der Waals surface area contributed by atoms with Crippen LogP contribution in [-0.4, -0.2) is 14.9 Å². The summed E-state index contributed by atoms with van der Waals surface area (Å²) in [4.78, 5) is 0. The lowest BCUT2D eigenvalue weighted by molar-refractivity contribution is 0.407. The molecule has 1 aromatic heterocycles. The summed E-state index contributed by atoms with van der Waals surface area (Å²) in [7, 11) is 0. The first-order valence-corrected chi connectivity index (χ1v) is 6.59. The quantitative estimate of drug-likeness (QED) is 0.866. The van der Waals surface area contributed by atoms with Gasteiger partial charge in [-0.1, -0.05) is 34.1 Å². The van der Waals surface area contributed by atoms with Gasteiger partial charge in [0.2, 0.25) is 0 Å². The van der Waals surface area contributed by atoms with E-state index >= 15 is 0 Å². The number of rotatable bonds is 4. The maximum Gasteiger partial charge on any atom is 0.160 e. The van der Waals surface area contributed by atoms with E-state index in [1.165, 1.54) is 0 Å². The minimum absolute atomic E-state index is 0.0776. The molecule has 1 heterocycles. The molecule has 0 radical (unpaired) electrons. The van der Waals surface area contributed by atoms with Gasteiger partial charge >= 0.3 is 0 Å². The van der Waals surface area contributed by atoms with Crippen molar-refractivity contribution in [1.82, 2.24) is 9.78 Å². The molecule has 0 saturated carbocycles. The number of hydrogen-bond acceptors (Lipinski definition) is 2. The van der Waals surface area contributed by atoms with Crippen LogP contribution in [0.5, 0.6) is 5.75 Å². The van der Waals surface area contributed by atoms with Crippen molar-refractivity contribution in [2.75, 3.05) is 0 Å². The summed E-state index contributed by atoms with van der Waals surface area (Å²) in [6.07, 6.45) is 3.07. The van der Waals surface area contributed by atoms with Gasteiger partial charge in [-0.25, -0.2) is 0 Å². The maximum absolute atomic E-state index is 10.3. The zero-order chi connectivity index (χ0) is 13.2. The van der Waals surface area contributed by atoms with E-state index in [-0.39, 0.29) is 11.5 Å². The molecule has 1 rings (SSSR count). The van der Waals surface area contributed by atoms with Crippen LogP contribution < -0.4 is 0 Å². The molecule has 0 spiro atoms. The second-order valence-corrected chi connectivity index (χ2v) is 6.04. The average Bonchev–Trinajstić information content (AvgIpc) is 2.52. The molecule has 0 atom stereocenters. The minimum Gasteiger partial charge on any atom is -0.504 e. The van der Waals surface area contributed by atoms with Crippen molar-refractivity contribution in [3.05, 3.63) is 11.4 Å². The Kier molecular flexibility index (Phi) is 4.23. The molecule has 0 aliphatic rings. The largest absolute Gasteiger partial charge is 0.504 e. The van der Waals surface area contributed by atoms with Crippen LogP contribution in [0.1, 0.15) is 71.8 Å². The van der Waals surface area contributed by atoms with Gasteiger partial charge in [-0.05, 0) is 26.7 Å². The summed E-state index contributed by atoms with van der Waals surface area (Å²) in [5.41, 5.74) is 1.73. The predicted molar refractivity (Wildman–Crippen MR) is 71.6 cm³/mol. The normalized spacial score (nSPS) is 12.4. The van der Waals surface area contributed by atoms with E-state index < -0.39 is 0 Å². The van der Waals surface area contributed by atoms with Crippen LogP contribution in [0.2, 0.25) is 0 Å². The van der Waals surface area contributed by atoms with Crippen molar-refractivity contribution in [3.63, 3.8) is 0 Å². The van der Waals surface area contributed by atoms with E-state index in [1.54, 1.807) is 0 Å². The highest BCUT2D eigenvalue weighted by molar-refractivity contribution is 5.37. The molecule has 0 fully saturated rings. The first-order valence-electron chi connectivity index (χ1n) is 6.59. The van der Waals surface area contributed by atoms with Gasteiger partial charge in [-0.3, -0.25) is 4.68 Å². The van der Waals surface area contributed by atoms with Crippen molar-refractivity contribution >= 4 is 0 Å². The fraction of sp³-hybridized carbons (Fsp3) is 0.786. The van der Waals surface area contributed by atoms with Crippen LogP contribution in [0.15, 0.2) is 0 Å². The van der Waals surface area contributed by atoms with Crippen molar-refractivity contribution in [2.45, 2.75) is 72.3 Å². The molecule has 98 valence electrons. The predicted octanol–water partition coefficient (Wildman–Crippen LogP) is 3.81. The molecular weight excluding hydrogens is 212 g/mol. The van der Waals surface area contributed by atoms with E-state index in [0.717, 1.165) is 30.7 Å². The van der Waals surface area contributed by atoms with Gasteiger partial charge in [-0.2, -0.15) is 5.10 Å². The van der Waals surface area contributed by atoms with Crippen molar-refractivity contribution in [2.24, 2.45) is 0 Å². The number of nitrogens with zero attached hydrogens (tertiary/aromatic N) is 2. The van der Waals surface area contributed by atoms with Crippen LogP contribution in [0, 0.1) is 0 Å². The van der Waals surface area contributed by atoms with Crippen LogP contribution in [-0.2, 0) is 11.8 Å². The highest BCUT2D eigenvalue weighted by Gasteiger charge is 2.27. The second kappa shape index (κ2) is 5.11. The second-order valence-electron chi connectivity index (χ2n) is 6.04. The zero-order valence-electron chi connectivity index (χ0n) is 12.0. The van der Waals surface area contributed by atoms with Gasteiger partial charge in [-0.15, -0.1) is 0 Å². The lowest BCUT2D eigenvalue weighted by Gasteiger charge is -2.22. The van der Waals surface area contributed by atoms with Crippen molar-refractivity contribution in [3.8, 4) is 5.75 Å². The van der Waals surface area contributed by atoms with Crippen LogP contribution >= 0.6 is 0 Å². The third kappa shape index (κ3) is 3.02. The lowest BCUT2D eigenvalue weighted by Crippen LogP contribution is -2.19. The molecule has 1 N–H and O–H groups in total. The van der Waals surface area contributed by atoms with Gasteiger partial charge in [0.15, 0.2) is 5.75 Å². The topological polar surface area (TPSA) is 38.0 Å². The Morgan fingerprint density at radius 1 is 1.29 bits per heavy atom. The van der Waals surface area contributed by atoms with Crippen molar-refractivity contribution < 1.29 is 5.11 Å². The van der Waals surface area contributed by atoms with Crippen molar-refractivity contribution in [1.29, 1.82) is 0 Å². The smallest absolute Gasteiger partial charge is 0.160 e. The Balaban J connectivity index is 3.21. The molecular formula is C14H26N2O. The Morgan fingerprint density at radius 2 is 1.88 bits per heavy atom. The SMILES string of the molecule is CCCCc1nn(C(C)C)c(C(C)(C)C)c1O. The molecule has 0 amide bonds. The van der Waals surface area contributed by atoms with Gasteiger partial charge in [0.05, 0.1) is 5.69 Å². The number of hydrogen-bond donors (Lipinski definition) is 1. The molecule has 3 heteroatoms. The molecule has 0 aliphatic carbocycles. The summed E-state index contributed by atoms with van der Waals surface area (Å²) in [5, 5.41) is 14.9.